The maximum absolute atomic E-state index is 6.08. The lowest BCUT2D eigenvalue weighted by Gasteiger charge is -2.05. The van der Waals surface area contributed by atoms with Gasteiger partial charge in [-0.1, -0.05) is 35.5 Å². The third kappa shape index (κ3) is 2.37. The Morgan fingerprint density at radius 3 is 2.68 bits per heavy atom. The Labute approximate surface area is 114 Å². The number of rotatable bonds is 3. The van der Waals surface area contributed by atoms with Gasteiger partial charge in [-0.2, -0.15) is 0 Å². The second kappa shape index (κ2) is 4.85. The minimum Gasteiger partial charge on any atom is -0.361 e. The van der Waals surface area contributed by atoms with Crippen LogP contribution < -0.4 is 0 Å². The molecule has 0 aliphatic carbocycles. The van der Waals surface area contributed by atoms with E-state index in [1.54, 1.807) is 4.57 Å². The smallest absolute Gasteiger partial charge is 0.225 e. The number of halogens is 1. The summed E-state index contributed by atoms with van der Waals surface area (Å²) in [5, 5.41) is 12.3. The molecule has 0 bridgehead atoms. The SMILES string of the molecule is Cc1cc(Cn2c(Cl)nnc2-c2ccccc2)no1. The predicted molar refractivity (Wildman–Crippen MR) is 70.8 cm³/mol. The van der Waals surface area contributed by atoms with Crippen LogP contribution in [-0.4, -0.2) is 19.9 Å². The summed E-state index contributed by atoms with van der Waals surface area (Å²) in [7, 11) is 0. The number of aryl methyl sites for hydroxylation is 1. The van der Waals surface area contributed by atoms with Crippen molar-refractivity contribution in [1.82, 2.24) is 19.9 Å². The highest BCUT2D eigenvalue weighted by Crippen LogP contribution is 2.21. The Kier molecular flexibility index (Phi) is 3.05. The van der Waals surface area contributed by atoms with Gasteiger partial charge in [0.15, 0.2) is 5.82 Å². The minimum absolute atomic E-state index is 0.333. The van der Waals surface area contributed by atoms with Gasteiger partial charge in [-0.05, 0) is 18.5 Å². The monoisotopic (exact) mass is 274 g/mol. The van der Waals surface area contributed by atoms with Gasteiger partial charge in [-0.3, -0.25) is 4.57 Å². The second-order valence-corrected chi connectivity index (χ2v) is 4.51. The molecule has 3 rings (SSSR count). The van der Waals surface area contributed by atoms with Gasteiger partial charge in [-0.25, -0.2) is 0 Å². The molecule has 3 aromatic rings. The van der Waals surface area contributed by atoms with Crippen molar-refractivity contribution in [3.63, 3.8) is 0 Å². The van der Waals surface area contributed by atoms with Gasteiger partial charge >= 0.3 is 0 Å². The van der Waals surface area contributed by atoms with Gasteiger partial charge in [0.1, 0.15) is 11.5 Å². The summed E-state index contributed by atoms with van der Waals surface area (Å²) >= 11 is 6.08. The maximum Gasteiger partial charge on any atom is 0.225 e. The Morgan fingerprint density at radius 2 is 2.00 bits per heavy atom. The zero-order chi connectivity index (χ0) is 13.2. The van der Waals surface area contributed by atoms with Crippen molar-refractivity contribution in [2.75, 3.05) is 0 Å². The molecule has 0 N–H and O–H groups in total. The lowest BCUT2D eigenvalue weighted by Crippen LogP contribution is -2.02. The Balaban J connectivity index is 1.99. The lowest BCUT2D eigenvalue weighted by atomic mass is 10.2. The predicted octanol–water partition coefficient (Wildman–Crippen LogP) is 2.94. The van der Waals surface area contributed by atoms with E-state index in [2.05, 4.69) is 15.4 Å². The van der Waals surface area contributed by atoms with Crippen molar-refractivity contribution < 1.29 is 4.52 Å². The van der Waals surface area contributed by atoms with Gasteiger partial charge in [0.25, 0.3) is 0 Å². The Bertz CT molecular complexity index is 690. The van der Waals surface area contributed by atoms with E-state index in [9.17, 15) is 0 Å². The molecule has 0 spiro atoms. The molecule has 0 aliphatic heterocycles. The molecule has 1 aromatic carbocycles. The molecule has 0 saturated carbocycles. The molecule has 0 aliphatic rings. The minimum atomic E-state index is 0.333. The molecule has 0 saturated heterocycles. The van der Waals surface area contributed by atoms with E-state index in [1.807, 2.05) is 43.3 Å². The first-order chi connectivity index (χ1) is 9.24. The van der Waals surface area contributed by atoms with Crippen LogP contribution in [0.1, 0.15) is 11.5 Å². The largest absolute Gasteiger partial charge is 0.361 e. The van der Waals surface area contributed by atoms with Crippen molar-refractivity contribution in [3.8, 4) is 11.4 Å². The Morgan fingerprint density at radius 1 is 1.21 bits per heavy atom. The van der Waals surface area contributed by atoms with E-state index in [0.29, 0.717) is 17.7 Å². The lowest BCUT2D eigenvalue weighted by molar-refractivity contribution is 0.389. The summed E-state index contributed by atoms with van der Waals surface area (Å²) in [5.41, 5.74) is 1.75. The van der Waals surface area contributed by atoms with Crippen LogP contribution in [-0.2, 0) is 6.54 Å². The summed E-state index contributed by atoms with van der Waals surface area (Å²) in [6.07, 6.45) is 0. The van der Waals surface area contributed by atoms with E-state index < -0.39 is 0 Å². The normalized spacial score (nSPS) is 10.8. The van der Waals surface area contributed by atoms with Crippen LogP contribution in [0.3, 0.4) is 0 Å². The first-order valence-electron chi connectivity index (χ1n) is 5.80. The average molecular weight is 275 g/mol. The first kappa shape index (κ1) is 11.9. The topological polar surface area (TPSA) is 56.7 Å². The van der Waals surface area contributed by atoms with Gasteiger partial charge in [0.05, 0.1) is 6.54 Å². The van der Waals surface area contributed by atoms with Crippen LogP contribution in [0.25, 0.3) is 11.4 Å². The van der Waals surface area contributed by atoms with Gasteiger partial charge < -0.3 is 4.52 Å². The third-order valence-corrected chi connectivity index (χ3v) is 3.01. The average Bonchev–Trinajstić information content (AvgIpc) is 2.99. The summed E-state index contributed by atoms with van der Waals surface area (Å²) in [6, 6.07) is 11.6. The van der Waals surface area contributed by atoms with Crippen molar-refractivity contribution in [1.29, 1.82) is 0 Å². The summed E-state index contributed by atoms with van der Waals surface area (Å²) in [6.45, 7) is 2.33. The molecule has 19 heavy (non-hydrogen) atoms. The maximum atomic E-state index is 6.08. The highest BCUT2D eigenvalue weighted by atomic mass is 35.5. The molecule has 5 nitrogen and oxygen atoms in total. The van der Waals surface area contributed by atoms with Crippen LogP contribution in [0, 0.1) is 6.92 Å². The van der Waals surface area contributed by atoms with Gasteiger partial charge in [-0.15, -0.1) is 10.2 Å². The summed E-state index contributed by atoms with van der Waals surface area (Å²) in [4.78, 5) is 0. The van der Waals surface area contributed by atoms with Crippen molar-refractivity contribution in [2.24, 2.45) is 0 Å². The molecular weight excluding hydrogens is 264 g/mol. The number of benzene rings is 1. The molecule has 2 heterocycles. The van der Waals surface area contributed by atoms with E-state index >= 15 is 0 Å². The van der Waals surface area contributed by atoms with Crippen LogP contribution in [0.4, 0.5) is 0 Å². The fraction of sp³-hybridized carbons (Fsp3) is 0.154. The molecule has 6 heteroatoms. The highest BCUT2D eigenvalue weighted by Gasteiger charge is 2.13. The van der Waals surface area contributed by atoms with Crippen molar-refractivity contribution in [2.45, 2.75) is 13.5 Å². The number of aromatic nitrogens is 4. The number of hydrogen-bond acceptors (Lipinski definition) is 4. The molecular formula is C13H11ClN4O. The third-order valence-electron chi connectivity index (χ3n) is 2.73. The zero-order valence-corrected chi connectivity index (χ0v) is 11.0. The van der Waals surface area contributed by atoms with Crippen LogP contribution in [0.2, 0.25) is 5.28 Å². The quantitative estimate of drug-likeness (QED) is 0.737. The fourth-order valence-electron chi connectivity index (χ4n) is 1.88. The number of hydrogen-bond donors (Lipinski definition) is 0. The van der Waals surface area contributed by atoms with Gasteiger partial charge in [0, 0.05) is 11.6 Å². The van der Waals surface area contributed by atoms with Crippen molar-refractivity contribution >= 4 is 11.6 Å². The Hall–Kier alpha value is -2.14. The van der Waals surface area contributed by atoms with E-state index in [-0.39, 0.29) is 0 Å². The van der Waals surface area contributed by atoms with Crippen molar-refractivity contribution in [3.05, 3.63) is 53.1 Å². The first-order valence-corrected chi connectivity index (χ1v) is 6.18. The molecule has 0 atom stereocenters. The second-order valence-electron chi connectivity index (χ2n) is 4.17. The van der Waals surface area contributed by atoms with E-state index in [1.165, 1.54) is 0 Å². The van der Waals surface area contributed by atoms with Crippen LogP contribution in [0.15, 0.2) is 40.9 Å². The van der Waals surface area contributed by atoms with E-state index in [0.717, 1.165) is 17.0 Å². The number of nitrogens with zero attached hydrogens (tertiary/aromatic N) is 4. The van der Waals surface area contributed by atoms with Crippen LogP contribution >= 0.6 is 11.6 Å². The van der Waals surface area contributed by atoms with E-state index in [4.69, 9.17) is 16.1 Å². The summed E-state index contributed by atoms with van der Waals surface area (Å²) < 4.78 is 6.85. The standard InChI is InChI=1S/C13H11ClN4O/c1-9-7-11(17-19-9)8-18-12(15-16-13(18)14)10-5-3-2-4-6-10/h2-7H,8H2,1H3. The molecule has 0 fully saturated rings. The summed E-state index contributed by atoms with van der Waals surface area (Å²) in [5.74, 6) is 1.48. The van der Waals surface area contributed by atoms with Gasteiger partial charge in [0.2, 0.25) is 5.28 Å². The molecule has 0 amide bonds. The van der Waals surface area contributed by atoms with Crippen LogP contribution in [0.5, 0.6) is 0 Å². The molecule has 0 unspecified atom stereocenters. The molecule has 96 valence electrons. The molecule has 2 aromatic heterocycles. The zero-order valence-electron chi connectivity index (χ0n) is 10.2. The highest BCUT2D eigenvalue weighted by molar-refractivity contribution is 6.28. The fourth-order valence-corrected chi connectivity index (χ4v) is 2.06. The molecule has 0 radical (unpaired) electrons.